The van der Waals surface area contributed by atoms with Gasteiger partial charge in [0, 0.05) is 28.9 Å². The van der Waals surface area contributed by atoms with Crippen molar-refractivity contribution in [3.8, 4) is 0 Å². The number of nitrogens with zero attached hydrogens (tertiary/aromatic N) is 1. The lowest BCUT2D eigenvalue weighted by Gasteiger charge is -2.10. The molecule has 0 spiro atoms. The molecule has 2 rings (SSSR count). The highest BCUT2D eigenvalue weighted by Gasteiger charge is 2.13. The molecular weight excluding hydrogens is 303 g/mol. The molecule has 1 heterocycles. The van der Waals surface area contributed by atoms with E-state index < -0.39 is 5.97 Å². The van der Waals surface area contributed by atoms with Gasteiger partial charge in [-0.3, -0.25) is 9.78 Å². The zero-order valence-electron chi connectivity index (χ0n) is 10.6. The SMILES string of the molecule is COC(=O)c1ccc(NC(=O)CCl)c2ccncc12.Cl. The minimum Gasteiger partial charge on any atom is -0.465 e. The number of hydrogen-bond donors (Lipinski definition) is 1. The van der Waals surface area contributed by atoms with Crippen LogP contribution in [0.5, 0.6) is 0 Å². The van der Waals surface area contributed by atoms with Crippen molar-refractivity contribution < 1.29 is 14.3 Å². The molecule has 1 aromatic carbocycles. The zero-order valence-corrected chi connectivity index (χ0v) is 12.1. The Labute approximate surface area is 126 Å². The Morgan fingerprint density at radius 3 is 2.70 bits per heavy atom. The van der Waals surface area contributed by atoms with Crippen LogP contribution in [0, 0.1) is 0 Å². The van der Waals surface area contributed by atoms with Gasteiger partial charge in [0.05, 0.1) is 12.7 Å². The lowest BCUT2D eigenvalue weighted by atomic mass is 10.0. The van der Waals surface area contributed by atoms with Crippen LogP contribution in [0.25, 0.3) is 10.8 Å². The minimum atomic E-state index is -0.451. The first kappa shape index (κ1) is 16.2. The highest BCUT2D eigenvalue weighted by Crippen LogP contribution is 2.26. The van der Waals surface area contributed by atoms with Crippen LogP contribution >= 0.6 is 24.0 Å². The van der Waals surface area contributed by atoms with Crippen LogP contribution in [0.4, 0.5) is 5.69 Å². The number of rotatable bonds is 3. The summed E-state index contributed by atoms with van der Waals surface area (Å²) in [5, 5.41) is 3.99. The highest BCUT2D eigenvalue weighted by molar-refractivity contribution is 6.29. The number of alkyl halides is 1. The number of aromatic nitrogens is 1. The number of anilines is 1. The van der Waals surface area contributed by atoms with Gasteiger partial charge in [0.1, 0.15) is 5.88 Å². The number of esters is 1. The number of ether oxygens (including phenoxy) is 1. The molecule has 0 bridgehead atoms. The number of nitrogens with one attached hydrogen (secondary N) is 1. The summed E-state index contributed by atoms with van der Waals surface area (Å²) in [6.07, 6.45) is 3.14. The topological polar surface area (TPSA) is 68.3 Å². The van der Waals surface area contributed by atoms with Crippen molar-refractivity contribution in [1.29, 1.82) is 0 Å². The summed E-state index contributed by atoms with van der Waals surface area (Å²) in [5.74, 6) is -0.899. The maximum absolute atomic E-state index is 11.7. The predicted octanol–water partition coefficient (Wildman–Crippen LogP) is 2.62. The summed E-state index contributed by atoms with van der Waals surface area (Å²) >= 11 is 5.46. The number of methoxy groups -OCH3 is 1. The average molecular weight is 315 g/mol. The second-order valence-corrected chi connectivity index (χ2v) is 4.02. The van der Waals surface area contributed by atoms with Gasteiger partial charge in [-0.15, -0.1) is 24.0 Å². The fraction of sp³-hybridized carbons (Fsp3) is 0.154. The van der Waals surface area contributed by atoms with Crippen molar-refractivity contribution in [2.45, 2.75) is 0 Å². The molecule has 0 fully saturated rings. The monoisotopic (exact) mass is 314 g/mol. The first-order chi connectivity index (χ1) is 9.17. The molecule has 1 N–H and O–H groups in total. The molecule has 0 aliphatic carbocycles. The zero-order chi connectivity index (χ0) is 13.8. The van der Waals surface area contributed by atoms with Crippen LogP contribution in [0.3, 0.4) is 0 Å². The molecule has 1 amide bonds. The molecule has 0 aliphatic rings. The van der Waals surface area contributed by atoms with Crippen LogP contribution < -0.4 is 5.32 Å². The maximum atomic E-state index is 11.7. The number of carbonyl (C=O) groups is 2. The van der Waals surface area contributed by atoms with Gasteiger partial charge in [-0.25, -0.2) is 4.79 Å². The Hall–Kier alpha value is -1.85. The minimum absolute atomic E-state index is 0. The Bertz CT molecular complexity index is 647. The molecule has 5 nitrogen and oxygen atoms in total. The third-order valence-electron chi connectivity index (χ3n) is 2.62. The number of hydrogen-bond acceptors (Lipinski definition) is 4. The van der Waals surface area contributed by atoms with Gasteiger partial charge >= 0.3 is 5.97 Å². The van der Waals surface area contributed by atoms with Gasteiger partial charge in [-0.05, 0) is 18.2 Å². The Morgan fingerprint density at radius 2 is 2.05 bits per heavy atom. The lowest BCUT2D eigenvalue weighted by molar-refractivity contribution is -0.113. The molecule has 0 radical (unpaired) electrons. The van der Waals surface area contributed by atoms with Crippen LogP contribution in [0.2, 0.25) is 0 Å². The first-order valence-corrected chi connectivity index (χ1v) is 6.01. The molecule has 0 atom stereocenters. The van der Waals surface area contributed by atoms with E-state index in [0.29, 0.717) is 22.0 Å². The fourth-order valence-electron chi connectivity index (χ4n) is 1.77. The van der Waals surface area contributed by atoms with Gasteiger partial charge in [0.25, 0.3) is 0 Å². The molecular formula is C13H12Cl2N2O3. The number of carbonyl (C=O) groups excluding carboxylic acids is 2. The number of halogens is 2. The second-order valence-electron chi connectivity index (χ2n) is 3.76. The standard InChI is InChI=1S/C13H11ClN2O3.ClH/c1-19-13(18)9-2-3-11(16-12(17)6-14)8-4-5-15-7-10(8)9;/h2-5,7H,6H2,1H3,(H,16,17);1H. The molecule has 2 aromatic rings. The van der Waals surface area contributed by atoms with Crippen LogP contribution in [-0.2, 0) is 9.53 Å². The van der Waals surface area contributed by atoms with Gasteiger partial charge in [-0.2, -0.15) is 0 Å². The largest absolute Gasteiger partial charge is 0.465 e. The first-order valence-electron chi connectivity index (χ1n) is 5.48. The fourth-order valence-corrected chi connectivity index (χ4v) is 1.84. The van der Waals surface area contributed by atoms with Crippen molar-refractivity contribution in [3.63, 3.8) is 0 Å². The van der Waals surface area contributed by atoms with E-state index >= 15 is 0 Å². The summed E-state index contributed by atoms with van der Waals surface area (Å²) < 4.78 is 4.71. The van der Waals surface area contributed by atoms with Crippen molar-refractivity contribution in [1.82, 2.24) is 4.98 Å². The van der Waals surface area contributed by atoms with E-state index in [2.05, 4.69) is 10.3 Å². The predicted molar refractivity (Wildman–Crippen MR) is 79.7 cm³/mol. The van der Waals surface area contributed by atoms with Gasteiger partial charge in [0.15, 0.2) is 0 Å². The van der Waals surface area contributed by atoms with Crippen LogP contribution in [0.1, 0.15) is 10.4 Å². The maximum Gasteiger partial charge on any atom is 0.338 e. The van der Waals surface area contributed by atoms with Crippen LogP contribution in [-0.4, -0.2) is 29.9 Å². The number of pyridine rings is 1. The normalized spacial score (nSPS) is 9.70. The van der Waals surface area contributed by atoms with E-state index in [1.54, 1.807) is 30.6 Å². The third-order valence-corrected chi connectivity index (χ3v) is 2.86. The van der Waals surface area contributed by atoms with E-state index in [9.17, 15) is 9.59 Å². The molecule has 106 valence electrons. The van der Waals surface area contributed by atoms with E-state index in [4.69, 9.17) is 16.3 Å². The number of amides is 1. The summed E-state index contributed by atoms with van der Waals surface area (Å²) in [6.45, 7) is 0. The molecule has 0 saturated heterocycles. The quantitative estimate of drug-likeness (QED) is 0.698. The summed E-state index contributed by atoms with van der Waals surface area (Å²) in [7, 11) is 1.31. The summed E-state index contributed by atoms with van der Waals surface area (Å²) in [5.41, 5.74) is 0.977. The van der Waals surface area contributed by atoms with Crippen molar-refractivity contribution in [3.05, 3.63) is 36.2 Å². The lowest BCUT2D eigenvalue weighted by Crippen LogP contribution is -2.13. The summed E-state index contributed by atoms with van der Waals surface area (Å²) in [6, 6.07) is 4.93. The second kappa shape index (κ2) is 7.07. The smallest absolute Gasteiger partial charge is 0.338 e. The molecule has 0 unspecified atom stereocenters. The van der Waals surface area contributed by atoms with Crippen molar-refractivity contribution >= 4 is 52.3 Å². The molecule has 0 aliphatic heterocycles. The van der Waals surface area contributed by atoms with Crippen molar-refractivity contribution in [2.24, 2.45) is 0 Å². The van der Waals surface area contributed by atoms with E-state index in [-0.39, 0.29) is 24.2 Å². The molecule has 7 heteroatoms. The Kier molecular flexibility index (Phi) is 5.73. The van der Waals surface area contributed by atoms with Gasteiger partial charge in [-0.1, -0.05) is 0 Å². The number of fused-ring (bicyclic) bond motifs is 1. The molecule has 0 saturated carbocycles. The summed E-state index contributed by atoms with van der Waals surface area (Å²) in [4.78, 5) is 27.0. The van der Waals surface area contributed by atoms with Gasteiger partial charge < -0.3 is 10.1 Å². The van der Waals surface area contributed by atoms with Crippen LogP contribution in [0.15, 0.2) is 30.6 Å². The van der Waals surface area contributed by atoms with E-state index in [1.165, 1.54) is 7.11 Å². The average Bonchev–Trinajstić information content (AvgIpc) is 2.46. The third kappa shape index (κ3) is 3.18. The van der Waals surface area contributed by atoms with E-state index in [0.717, 1.165) is 0 Å². The van der Waals surface area contributed by atoms with E-state index in [1.807, 2.05) is 0 Å². The Balaban J connectivity index is 0.00000200. The van der Waals surface area contributed by atoms with Gasteiger partial charge in [0.2, 0.25) is 5.91 Å². The molecule has 1 aromatic heterocycles. The Morgan fingerprint density at radius 1 is 1.30 bits per heavy atom. The van der Waals surface area contributed by atoms with Crippen molar-refractivity contribution in [2.75, 3.05) is 18.3 Å². The highest BCUT2D eigenvalue weighted by atomic mass is 35.5. The molecule has 20 heavy (non-hydrogen) atoms. The number of benzene rings is 1.